The maximum Gasteiger partial charge on any atom is 0.238 e. The van der Waals surface area contributed by atoms with Crippen molar-refractivity contribution in [2.45, 2.75) is 44.5 Å². The quantitative estimate of drug-likeness (QED) is 0.587. The molecule has 0 bridgehead atoms. The Morgan fingerprint density at radius 3 is 2.67 bits per heavy atom. The van der Waals surface area contributed by atoms with Crippen LogP contribution in [0, 0.1) is 0 Å². The van der Waals surface area contributed by atoms with Crippen LogP contribution in [0.25, 0.3) is 0 Å². The zero-order valence-corrected chi connectivity index (χ0v) is 16.7. The maximum atomic E-state index is 5.91. The Hall–Kier alpha value is -1.79. The monoisotopic (exact) mass is 373 g/mol. The fraction of sp³-hybridized carbons (Fsp3) is 0.667. The Balaban J connectivity index is 1.32. The Kier molecular flexibility index (Phi) is 5.55. The van der Waals surface area contributed by atoms with Crippen LogP contribution in [0.3, 0.4) is 0 Å². The number of likely N-dealkylation sites (N-methyl/N-ethyl adjacent to an activating group) is 1. The lowest BCUT2D eigenvalue weighted by molar-refractivity contribution is -0.0571. The first-order chi connectivity index (χ1) is 13.1. The normalized spacial score (nSPS) is 26.1. The molecule has 3 heterocycles. The molecule has 0 aromatic heterocycles. The standard InChI is InChI=1S/C21H31N3O3/c1-15-26-19-6-4-5-18(21(19)27-15)16-7-10-24(11-8-16)14-20(22-2)23(3)13-17-9-12-25-17/h4-6,15-17H,7-14H2,1-3H3/t15-,17+/m1/s1. The minimum absolute atomic E-state index is 0.181. The number of likely N-dealkylation sites (tertiary alicyclic amines) is 1. The van der Waals surface area contributed by atoms with Crippen molar-refractivity contribution in [2.75, 3.05) is 46.9 Å². The molecule has 6 heteroatoms. The highest BCUT2D eigenvalue weighted by atomic mass is 16.7. The van der Waals surface area contributed by atoms with Gasteiger partial charge in [-0.15, -0.1) is 0 Å². The highest BCUT2D eigenvalue weighted by molar-refractivity contribution is 5.84. The topological polar surface area (TPSA) is 46.5 Å². The van der Waals surface area contributed by atoms with Crippen molar-refractivity contribution in [2.24, 2.45) is 4.99 Å². The van der Waals surface area contributed by atoms with E-state index in [-0.39, 0.29) is 6.29 Å². The summed E-state index contributed by atoms with van der Waals surface area (Å²) in [4.78, 5) is 9.31. The number of amidine groups is 1. The number of benzene rings is 1. The fourth-order valence-corrected chi connectivity index (χ4v) is 4.25. The van der Waals surface area contributed by atoms with Crippen LogP contribution in [-0.4, -0.2) is 74.9 Å². The minimum atomic E-state index is -0.181. The van der Waals surface area contributed by atoms with Gasteiger partial charge in [-0.25, -0.2) is 0 Å². The van der Waals surface area contributed by atoms with Crippen LogP contribution in [0.4, 0.5) is 0 Å². The molecule has 0 aliphatic carbocycles. The van der Waals surface area contributed by atoms with Gasteiger partial charge in [-0.2, -0.15) is 0 Å². The summed E-state index contributed by atoms with van der Waals surface area (Å²) in [5.41, 5.74) is 1.31. The molecule has 3 aliphatic heterocycles. The average molecular weight is 373 g/mol. The lowest BCUT2D eigenvalue weighted by atomic mass is 9.88. The molecule has 0 saturated carbocycles. The van der Waals surface area contributed by atoms with Crippen molar-refractivity contribution in [3.05, 3.63) is 23.8 Å². The molecule has 2 atom stereocenters. The number of ether oxygens (including phenoxy) is 3. The zero-order chi connectivity index (χ0) is 18.8. The number of para-hydroxylation sites is 1. The van der Waals surface area contributed by atoms with Crippen LogP contribution in [0.5, 0.6) is 11.5 Å². The highest BCUT2D eigenvalue weighted by Gasteiger charge is 2.30. The molecule has 1 aromatic carbocycles. The second-order valence-corrected chi connectivity index (χ2v) is 7.83. The Morgan fingerprint density at radius 1 is 1.22 bits per heavy atom. The number of aliphatic imine (C=N–C) groups is 1. The predicted octanol–water partition coefficient (Wildman–Crippen LogP) is 2.73. The van der Waals surface area contributed by atoms with E-state index in [2.05, 4.69) is 34.0 Å². The third-order valence-electron chi connectivity index (χ3n) is 5.95. The van der Waals surface area contributed by atoms with Crippen molar-refractivity contribution in [1.29, 1.82) is 0 Å². The number of nitrogens with zero attached hydrogens (tertiary/aromatic N) is 3. The van der Waals surface area contributed by atoms with Gasteiger partial charge in [0.25, 0.3) is 0 Å². The average Bonchev–Trinajstić information content (AvgIpc) is 3.03. The van der Waals surface area contributed by atoms with Gasteiger partial charge in [0.15, 0.2) is 11.5 Å². The van der Waals surface area contributed by atoms with E-state index in [9.17, 15) is 0 Å². The van der Waals surface area contributed by atoms with E-state index in [0.717, 1.165) is 63.0 Å². The molecule has 2 fully saturated rings. The van der Waals surface area contributed by atoms with Crippen molar-refractivity contribution < 1.29 is 14.2 Å². The van der Waals surface area contributed by atoms with Crippen LogP contribution < -0.4 is 9.47 Å². The minimum Gasteiger partial charge on any atom is -0.451 e. The summed E-state index contributed by atoms with van der Waals surface area (Å²) < 4.78 is 17.2. The van der Waals surface area contributed by atoms with Crippen LogP contribution in [0.15, 0.2) is 23.2 Å². The van der Waals surface area contributed by atoms with E-state index < -0.39 is 0 Å². The van der Waals surface area contributed by atoms with Crippen molar-refractivity contribution in [1.82, 2.24) is 9.80 Å². The molecule has 2 saturated heterocycles. The fourth-order valence-electron chi connectivity index (χ4n) is 4.25. The predicted molar refractivity (Wildman–Crippen MR) is 106 cm³/mol. The van der Waals surface area contributed by atoms with Crippen molar-refractivity contribution >= 4 is 5.84 Å². The van der Waals surface area contributed by atoms with Gasteiger partial charge in [-0.1, -0.05) is 12.1 Å². The zero-order valence-electron chi connectivity index (χ0n) is 16.7. The van der Waals surface area contributed by atoms with Gasteiger partial charge in [0.2, 0.25) is 6.29 Å². The SMILES string of the molecule is CN=C(CN1CCC(c2cccc3c2O[C@H](C)O3)CC1)N(C)C[C@@H]1CCO1. The van der Waals surface area contributed by atoms with Gasteiger partial charge < -0.3 is 19.1 Å². The van der Waals surface area contributed by atoms with E-state index >= 15 is 0 Å². The molecular formula is C21H31N3O3. The lowest BCUT2D eigenvalue weighted by Crippen LogP contribution is -2.46. The molecule has 1 aromatic rings. The van der Waals surface area contributed by atoms with Crippen LogP contribution >= 0.6 is 0 Å². The summed E-state index contributed by atoms with van der Waals surface area (Å²) in [6.07, 6.45) is 3.64. The molecule has 27 heavy (non-hydrogen) atoms. The van der Waals surface area contributed by atoms with E-state index in [0.29, 0.717) is 12.0 Å². The first kappa shape index (κ1) is 18.6. The maximum absolute atomic E-state index is 5.91. The van der Waals surface area contributed by atoms with Gasteiger partial charge in [-0.3, -0.25) is 9.89 Å². The number of piperidine rings is 1. The van der Waals surface area contributed by atoms with Gasteiger partial charge in [0.1, 0.15) is 5.84 Å². The molecule has 0 N–H and O–H groups in total. The Labute approximate surface area is 162 Å². The van der Waals surface area contributed by atoms with Crippen LogP contribution in [0.2, 0.25) is 0 Å². The largest absolute Gasteiger partial charge is 0.451 e. The highest BCUT2D eigenvalue weighted by Crippen LogP contribution is 2.43. The first-order valence-corrected chi connectivity index (χ1v) is 10.1. The summed E-state index contributed by atoms with van der Waals surface area (Å²) in [6.45, 7) is 6.87. The molecule has 0 radical (unpaired) electrons. The van der Waals surface area contributed by atoms with E-state index in [1.807, 2.05) is 20.0 Å². The van der Waals surface area contributed by atoms with Crippen LogP contribution in [-0.2, 0) is 4.74 Å². The van der Waals surface area contributed by atoms with Gasteiger partial charge in [-0.05, 0) is 44.3 Å². The third-order valence-corrected chi connectivity index (χ3v) is 5.95. The lowest BCUT2D eigenvalue weighted by Gasteiger charge is -2.36. The molecule has 148 valence electrons. The second kappa shape index (κ2) is 8.07. The second-order valence-electron chi connectivity index (χ2n) is 7.83. The van der Waals surface area contributed by atoms with Gasteiger partial charge in [0.05, 0.1) is 12.6 Å². The third kappa shape index (κ3) is 4.06. The summed E-state index contributed by atoms with van der Waals surface area (Å²) in [6, 6.07) is 6.29. The molecule has 0 amide bonds. The van der Waals surface area contributed by atoms with Crippen molar-refractivity contribution in [3.8, 4) is 11.5 Å². The number of rotatable bonds is 5. The molecule has 4 rings (SSSR count). The molecule has 3 aliphatic rings. The summed E-state index contributed by atoms with van der Waals surface area (Å²) in [5, 5.41) is 0. The van der Waals surface area contributed by atoms with Gasteiger partial charge in [0, 0.05) is 39.7 Å². The van der Waals surface area contributed by atoms with Crippen molar-refractivity contribution in [3.63, 3.8) is 0 Å². The number of hydrogen-bond donors (Lipinski definition) is 0. The number of fused-ring (bicyclic) bond motifs is 1. The summed E-state index contributed by atoms with van der Waals surface area (Å²) in [7, 11) is 4.02. The van der Waals surface area contributed by atoms with E-state index in [1.165, 1.54) is 12.0 Å². The Morgan fingerprint density at radius 2 is 2.00 bits per heavy atom. The number of hydrogen-bond acceptors (Lipinski definition) is 5. The molecular weight excluding hydrogens is 342 g/mol. The Bertz CT molecular complexity index is 681. The van der Waals surface area contributed by atoms with Gasteiger partial charge >= 0.3 is 0 Å². The molecule has 6 nitrogen and oxygen atoms in total. The van der Waals surface area contributed by atoms with Crippen LogP contribution in [0.1, 0.15) is 37.7 Å². The first-order valence-electron chi connectivity index (χ1n) is 10.1. The van der Waals surface area contributed by atoms with E-state index in [4.69, 9.17) is 14.2 Å². The smallest absolute Gasteiger partial charge is 0.238 e. The molecule has 0 unspecified atom stereocenters. The summed E-state index contributed by atoms with van der Waals surface area (Å²) in [5.74, 6) is 3.53. The molecule has 0 spiro atoms. The van der Waals surface area contributed by atoms with E-state index in [1.54, 1.807) is 0 Å². The summed E-state index contributed by atoms with van der Waals surface area (Å²) >= 11 is 0.